The normalized spacial score (nSPS) is 26.4. The van der Waals surface area contributed by atoms with Crippen LogP contribution in [0.2, 0.25) is 0 Å². The van der Waals surface area contributed by atoms with Gasteiger partial charge in [0.1, 0.15) is 0 Å². The van der Waals surface area contributed by atoms with Crippen LogP contribution >= 0.6 is 11.8 Å². The summed E-state index contributed by atoms with van der Waals surface area (Å²) in [6.07, 6.45) is 4.63. The first kappa shape index (κ1) is 18.7. The summed E-state index contributed by atoms with van der Waals surface area (Å²) in [6, 6.07) is 0. The van der Waals surface area contributed by atoms with E-state index in [-0.39, 0.29) is 5.54 Å². The van der Waals surface area contributed by atoms with E-state index >= 15 is 0 Å². The number of carbonyl (C=O) groups excluding carboxylic acids is 1. The fourth-order valence-corrected chi connectivity index (χ4v) is 4.35. The number of hydrogen-bond donors (Lipinski definition) is 0. The molecule has 1 spiro atoms. The predicted octanol–water partition coefficient (Wildman–Crippen LogP) is 1.45. The summed E-state index contributed by atoms with van der Waals surface area (Å²) >= 11 is 1.69. The van der Waals surface area contributed by atoms with Crippen molar-refractivity contribution < 1.29 is 9.32 Å². The number of amides is 1. The van der Waals surface area contributed by atoms with Crippen LogP contribution in [0.3, 0.4) is 0 Å². The van der Waals surface area contributed by atoms with Crippen LogP contribution in [0.5, 0.6) is 0 Å². The highest BCUT2D eigenvalue weighted by molar-refractivity contribution is 7.97. The van der Waals surface area contributed by atoms with E-state index in [9.17, 15) is 4.79 Å². The molecule has 25 heavy (non-hydrogen) atoms. The van der Waals surface area contributed by atoms with Crippen molar-refractivity contribution in [2.24, 2.45) is 0 Å². The largest absolute Gasteiger partial charge is 0.343 e. The molecular weight excluding hydrogens is 338 g/mol. The molecule has 2 saturated heterocycles. The van der Waals surface area contributed by atoms with Crippen molar-refractivity contribution in [1.82, 2.24) is 24.8 Å². The van der Waals surface area contributed by atoms with Crippen molar-refractivity contribution in [2.75, 3.05) is 46.0 Å². The Morgan fingerprint density at radius 3 is 2.88 bits per heavy atom. The first-order valence-corrected chi connectivity index (χ1v) is 10.5. The molecule has 2 aliphatic rings. The third-order valence-corrected chi connectivity index (χ3v) is 6.15. The SMILES string of the molecule is CCN1CCC2(CCC1=O)CN(Cc1nc(CSC)no1)CCN2C. The minimum atomic E-state index is 0.0694. The topological polar surface area (TPSA) is 65.7 Å². The highest BCUT2D eigenvalue weighted by Gasteiger charge is 2.42. The van der Waals surface area contributed by atoms with Crippen LogP contribution in [0.25, 0.3) is 0 Å². The van der Waals surface area contributed by atoms with Crippen molar-refractivity contribution in [3.63, 3.8) is 0 Å². The standard InChI is InChI=1S/C17H29N5O2S/c1-4-22-8-7-17(6-5-16(22)23)13-21(10-9-20(17)2)11-15-18-14(12-25-3)19-24-15/h4-13H2,1-3H3. The first-order chi connectivity index (χ1) is 12.1. The van der Waals surface area contributed by atoms with E-state index in [2.05, 4.69) is 33.9 Å². The lowest BCUT2D eigenvalue weighted by Crippen LogP contribution is -2.60. The first-order valence-electron chi connectivity index (χ1n) is 9.08. The van der Waals surface area contributed by atoms with Crippen molar-refractivity contribution in [1.29, 1.82) is 0 Å². The van der Waals surface area contributed by atoms with Gasteiger partial charge in [0.25, 0.3) is 0 Å². The zero-order valence-corrected chi connectivity index (χ0v) is 16.3. The van der Waals surface area contributed by atoms with Gasteiger partial charge in [0.2, 0.25) is 11.8 Å². The number of carbonyl (C=O) groups is 1. The van der Waals surface area contributed by atoms with Crippen LogP contribution in [-0.2, 0) is 17.1 Å². The Balaban J connectivity index is 1.67. The zero-order chi connectivity index (χ0) is 17.9. The molecule has 1 amide bonds. The maximum absolute atomic E-state index is 12.3. The molecule has 1 aromatic heterocycles. The highest BCUT2D eigenvalue weighted by atomic mass is 32.2. The second-order valence-corrected chi connectivity index (χ2v) is 7.98. The molecule has 0 saturated carbocycles. The van der Waals surface area contributed by atoms with Crippen LogP contribution in [0.4, 0.5) is 0 Å². The van der Waals surface area contributed by atoms with Crippen molar-refractivity contribution in [3.05, 3.63) is 11.7 Å². The van der Waals surface area contributed by atoms with Gasteiger partial charge in [-0.2, -0.15) is 16.7 Å². The molecule has 0 N–H and O–H groups in total. The van der Waals surface area contributed by atoms with E-state index in [1.807, 2.05) is 11.2 Å². The van der Waals surface area contributed by atoms with Crippen molar-refractivity contribution in [3.8, 4) is 0 Å². The molecule has 0 aliphatic carbocycles. The lowest BCUT2D eigenvalue weighted by molar-refractivity contribution is -0.130. The molecule has 3 rings (SSSR count). The lowest BCUT2D eigenvalue weighted by atomic mass is 9.86. The summed E-state index contributed by atoms with van der Waals surface area (Å²) < 4.78 is 5.41. The Morgan fingerprint density at radius 1 is 1.28 bits per heavy atom. The van der Waals surface area contributed by atoms with E-state index in [0.717, 1.165) is 57.1 Å². The van der Waals surface area contributed by atoms with E-state index in [0.29, 0.717) is 24.8 Å². The molecule has 8 heteroatoms. The summed E-state index contributed by atoms with van der Waals surface area (Å²) in [5, 5.41) is 4.04. The van der Waals surface area contributed by atoms with Gasteiger partial charge in [0.15, 0.2) is 5.82 Å². The number of aromatic nitrogens is 2. The molecule has 1 aromatic rings. The Labute approximate surface area is 154 Å². The Kier molecular flexibility index (Phi) is 6.01. The second kappa shape index (κ2) is 8.05. The fraction of sp³-hybridized carbons (Fsp3) is 0.824. The maximum Gasteiger partial charge on any atom is 0.240 e. The summed E-state index contributed by atoms with van der Waals surface area (Å²) in [6.45, 7) is 7.37. The number of likely N-dealkylation sites (tertiary alicyclic amines) is 1. The number of likely N-dealkylation sites (N-methyl/N-ethyl adjacent to an activating group) is 1. The zero-order valence-electron chi connectivity index (χ0n) is 15.5. The average Bonchev–Trinajstić information content (AvgIpc) is 2.97. The van der Waals surface area contributed by atoms with Gasteiger partial charge in [0, 0.05) is 44.7 Å². The number of thioether (sulfide) groups is 1. The average molecular weight is 368 g/mol. The molecule has 140 valence electrons. The predicted molar refractivity (Wildman–Crippen MR) is 98.3 cm³/mol. The third-order valence-electron chi connectivity index (χ3n) is 5.61. The summed E-state index contributed by atoms with van der Waals surface area (Å²) in [5.41, 5.74) is 0.0694. The molecule has 2 fully saturated rings. The molecule has 1 atom stereocenters. The van der Waals surface area contributed by atoms with Crippen LogP contribution in [0.1, 0.15) is 37.9 Å². The van der Waals surface area contributed by atoms with Crippen molar-refractivity contribution in [2.45, 2.75) is 44.0 Å². The van der Waals surface area contributed by atoms with E-state index in [4.69, 9.17) is 4.52 Å². The third kappa shape index (κ3) is 4.17. The van der Waals surface area contributed by atoms with Gasteiger partial charge >= 0.3 is 0 Å². The number of rotatable bonds is 5. The molecule has 1 unspecified atom stereocenters. The molecule has 2 aliphatic heterocycles. The van der Waals surface area contributed by atoms with Crippen LogP contribution in [0, 0.1) is 0 Å². The van der Waals surface area contributed by atoms with E-state index in [1.165, 1.54) is 0 Å². The Morgan fingerprint density at radius 2 is 2.12 bits per heavy atom. The van der Waals surface area contributed by atoms with Gasteiger partial charge < -0.3 is 9.42 Å². The van der Waals surface area contributed by atoms with Gasteiger partial charge in [-0.05, 0) is 33.1 Å². The smallest absolute Gasteiger partial charge is 0.240 e. The fourth-order valence-electron chi connectivity index (χ4n) is 3.98. The molecule has 3 heterocycles. The lowest BCUT2D eigenvalue weighted by Gasteiger charge is -2.49. The van der Waals surface area contributed by atoms with Gasteiger partial charge in [-0.3, -0.25) is 14.6 Å². The summed E-state index contributed by atoms with van der Waals surface area (Å²) in [5.74, 6) is 2.54. The summed E-state index contributed by atoms with van der Waals surface area (Å²) in [4.78, 5) is 23.6. The minimum Gasteiger partial charge on any atom is -0.343 e. The van der Waals surface area contributed by atoms with Crippen LogP contribution in [-0.4, -0.2) is 82.3 Å². The maximum atomic E-state index is 12.3. The Hall–Kier alpha value is -1.12. The van der Waals surface area contributed by atoms with Gasteiger partial charge in [-0.15, -0.1) is 0 Å². The van der Waals surface area contributed by atoms with E-state index < -0.39 is 0 Å². The van der Waals surface area contributed by atoms with E-state index in [1.54, 1.807) is 11.8 Å². The highest BCUT2D eigenvalue weighted by Crippen LogP contribution is 2.32. The quantitative estimate of drug-likeness (QED) is 0.780. The molecule has 7 nitrogen and oxygen atoms in total. The van der Waals surface area contributed by atoms with Gasteiger partial charge in [-0.25, -0.2) is 0 Å². The Bertz CT molecular complexity index is 595. The van der Waals surface area contributed by atoms with Crippen LogP contribution in [0.15, 0.2) is 4.52 Å². The number of nitrogens with zero attached hydrogens (tertiary/aromatic N) is 5. The minimum absolute atomic E-state index is 0.0694. The van der Waals surface area contributed by atoms with Gasteiger partial charge in [0.05, 0.1) is 12.3 Å². The molecule has 0 radical (unpaired) electrons. The molecular formula is C17H29N5O2S. The van der Waals surface area contributed by atoms with Crippen molar-refractivity contribution >= 4 is 17.7 Å². The number of piperazine rings is 1. The second-order valence-electron chi connectivity index (χ2n) is 7.12. The van der Waals surface area contributed by atoms with Crippen LogP contribution < -0.4 is 0 Å². The summed E-state index contributed by atoms with van der Waals surface area (Å²) in [7, 11) is 2.20. The molecule has 0 bridgehead atoms. The van der Waals surface area contributed by atoms with Gasteiger partial charge in [-0.1, -0.05) is 5.16 Å². The number of hydrogen-bond acceptors (Lipinski definition) is 7. The molecule has 0 aromatic carbocycles. The monoisotopic (exact) mass is 367 g/mol.